The van der Waals surface area contributed by atoms with Crippen LogP contribution in [-0.4, -0.2) is 27.4 Å². The third-order valence-corrected chi connectivity index (χ3v) is 5.87. The lowest BCUT2D eigenvalue weighted by Gasteiger charge is -2.11. The quantitative estimate of drug-likeness (QED) is 0.702. The maximum absolute atomic E-state index is 9.06. The maximum atomic E-state index is 9.06. The van der Waals surface area contributed by atoms with Crippen LogP contribution in [0.25, 0.3) is 11.4 Å². The molecule has 0 saturated heterocycles. The van der Waals surface area contributed by atoms with E-state index in [9.17, 15) is 0 Å². The first-order valence-electron chi connectivity index (χ1n) is 8.70. The summed E-state index contributed by atoms with van der Waals surface area (Å²) < 4.78 is 0. The average Bonchev–Trinajstić information content (AvgIpc) is 3.12. The number of aryl methyl sites for hydroxylation is 1. The Morgan fingerprint density at radius 1 is 1.04 bits per heavy atom. The number of hydrogen-bond acceptors (Lipinski definition) is 4. The molecule has 2 aromatic carbocycles. The number of aromatic nitrogens is 2. The van der Waals surface area contributed by atoms with E-state index in [1.165, 1.54) is 10.5 Å². The van der Waals surface area contributed by atoms with Crippen LogP contribution in [0.5, 0.6) is 0 Å². The molecule has 0 aliphatic carbocycles. The van der Waals surface area contributed by atoms with E-state index >= 15 is 0 Å². The number of thioether (sulfide) groups is 1. The van der Waals surface area contributed by atoms with Gasteiger partial charge < -0.3 is 5.11 Å². The molecule has 5 heteroatoms. The minimum absolute atomic E-state index is 0.179. The predicted molar refractivity (Wildman–Crippen MR) is 107 cm³/mol. The van der Waals surface area contributed by atoms with Gasteiger partial charge in [-0.25, -0.2) is 9.97 Å². The molecule has 0 amide bonds. The van der Waals surface area contributed by atoms with E-state index in [1.54, 1.807) is 0 Å². The second kappa shape index (κ2) is 7.78. The fourth-order valence-electron chi connectivity index (χ4n) is 3.16. The third kappa shape index (κ3) is 3.78. The lowest BCUT2D eigenvalue weighted by Crippen LogP contribution is -2.03. The molecule has 3 aromatic rings. The maximum Gasteiger partial charge on any atom is 0.159 e. The van der Waals surface area contributed by atoms with Gasteiger partial charge in [-0.05, 0) is 29.7 Å². The molecule has 0 saturated carbocycles. The Morgan fingerprint density at radius 3 is 2.62 bits per heavy atom. The van der Waals surface area contributed by atoms with Crippen molar-refractivity contribution in [3.63, 3.8) is 0 Å². The molecule has 0 radical (unpaired) electrons. The third-order valence-electron chi connectivity index (χ3n) is 4.47. The molecule has 132 valence electrons. The van der Waals surface area contributed by atoms with E-state index in [2.05, 4.69) is 24.3 Å². The van der Waals surface area contributed by atoms with Crippen LogP contribution in [0, 0.1) is 0 Å². The Morgan fingerprint density at radius 2 is 1.85 bits per heavy atom. The number of benzene rings is 2. The standard InChI is InChI=1S/C21H19ClN2OS/c22-17-3-1-2-16(13-17)21-23-18-9-11-26-20(18)19(24-21)12-15-6-4-14(5-7-15)8-10-25/h1-7,13,25H,8-12H2. The van der Waals surface area contributed by atoms with Crippen molar-refractivity contribution < 1.29 is 5.11 Å². The van der Waals surface area contributed by atoms with E-state index < -0.39 is 0 Å². The van der Waals surface area contributed by atoms with Gasteiger partial charge in [0.2, 0.25) is 0 Å². The van der Waals surface area contributed by atoms with Crippen LogP contribution in [0.4, 0.5) is 0 Å². The molecule has 1 aromatic heterocycles. The number of halogens is 1. The Bertz CT molecular complexity index is 928. The van der Waals surface area contributed by atoms with Crippen molar-refractivity contribution in [2.24, 2.45) is 0 Å². The monoisotopic (exact) mass is 382 g/mol. The van der Waals surface area contributed by atoms with Crippen LogP contribution in [0.1, 0.15) is 22.5 Å². The number of aliphatic hydroxyl groups is 1. The summed E-state index contributed by atoms with van der Waals surface area (Å²) in [5, 5.41) is 9.76. The van der Waals surface area contributed by atoms with Gasteiger partial charge in [0, 0.05) is 35.8 Å². The van der Waals surface area contributed by atoms with Gasteiger partial charge in [0.1, 0.15) is 0 Å². The molecule has 1 aliphatic rings. The van der Waals surface area contributed by atoms with Gasteiger partial charge in [-0.1, -0.05) is 48.0 Å². The van der Waals surface area contributed by atoms with Crippen molar-refractivity contribution >= 4 is 23.4 Å². The number of hydrogen-bond donors (Lipinski definition) is 1. The Kier molecular flexibility index (Phi) is 5.25. The molecule has 1 aliphatic heterocycles. The number of aliphatic hydroxyl groups excluding tert-OH is 1. The van der Waals surface area contributed by atoms with Crippen molar-refractivity contribution in [3.8, 4) is 11.4 Å². The average molecular weight is 383 g/mol. The van der Waals surface area contributed by atoms with Gasteiger partial charge in [-0.3, -0.25) is 0 Å². The molecule has 0 spiro atoms. The van der Waals surface area contributed by atoms with Gasteiger partial charge >= 0.3 is 0 Å². The van der Waals surface area contributed by atoms with Gasteiger partial charge in [-0.2, -0.15) is 0 Å². The summed E-state index contributed by atoms with van der Waals surface area (Å²) in [6, 6.07) is 16.1. The van der Waals surface area contributed by atoms with Crippen LogP contribution >= 0.6 is 23.4 Å². The molecule has 2 heterocycles. The number of nitrogens with zero attached hydrogens (tertiary/aromatic N) is 2. The zero-order chi connectivity index (χ0) is 17.9. The van der Waals surface area contributed by atoms with E-state index in [4.69, 9.17) is 26.7 Å². The highest BCUT2D eigenvalue weighted by Gasteiger charge is 2.20. The van der Waals surface area contributed by atoms with Crippen LogP contribution in [0.2, 0.25) is 5.02 Å². The summed E-state index contributed by atoms with van der Waals surface area (Å²) in [4.78, 5) is 10.9. The van der Waals surface area contributed by atoms with Gasteiger partial charge in [0.05, 0.1) is 16.3 Å². The first kappa shape index (κ1) is 17.5. The topological polar surface area (TPSA) is 46.0 Å². The lowest BCUT2D eigenvalue weighted by atomic mass is 10.0. The minimum Gasteiger partial charge on any atom is -0.396 e. The van der Waals surface area contributed by atoms with Crippen molar-refractivity contribution in [1.82, 2.24) is 9.97 Å². The van der Waals surface area contributed by atoms with Crippen molar-refractivity contribution in [3.05, 3.63) is 76.1 Å². The van der Waals surface area contributed by atoms with Crippen LogP contribution in [0.15, 0.2) is 53.4 Å². The van der Waals surface area contributed by atoms with E-state index in [1.807, 2.05) is 36.0 Å². The Labute approximate surface area is 162 Å². The summed E-state index contributed by atoms with van der Waals surface area (Å²) >= 11 is 7.99. The summed E-state index contributed by atoms with van der Waals surface area (Å²) in [5.41, 5.74) is 5.56. The molecular formula is C21H19ClN2OS. The smallest absolute Gasteiger partial charge is 0.159 e. The first-order valence-corrected chi connectivity index (χ1v) is 10.1. The van der Waals surface area contributed by atoms with Crippen LogP contribution in [-0.2, 0) is 19.3 Å². The van der Waals surface area contributed by atoms with Crippen LogP contribution in [0.3, 0.4) is 0 Å². The molecule has 1 N–H and O–H groups in total. The van der Waals surface area contributed by atoms with E-state index in [0.29, 0.717) is 11.4 Å². The highest BCUT2D eigenvalue weighted by atomic mass is 35.5. The zero-order valence-electron chi connectivity index (χ0n) is 14.3. The van der Waals surface area contributed by atoms with Crippen molar-refractivity contribution in [2.45, 2.75) is 24.2 Å². The molecule has 26 heavy (non-hydrogen) atoms. The van der Waals surface area contributed by atoms with Gasteiger partial charge in [-0.15, -0.1) is 11.8 Å². The summed E-state index contributed by atoms with van der Waals surface area (Å²) in [6.45, 7) is 0.179. The lowest BCUT2D eigenvalue weighted by molar-refractivity contribution is 0.299. The minimum atomic E-state index is 0.179. The summed E-state index contributed by atoms with van der Waals surface area (Å²) in [5.74, 6) is 1.81. The van der Waals surface area contributed by atoms with Crippen molar-refractivity contribution in [2.75, 3.05) is 12.4 Å². The Hall–Kier alpha value is -1.88. The molecule has 0 unspecified atom stereocenters. The molecular weight excluding hydrogens is 364 g/mol. The fourth-order valence-corrected chi connectivity index (χ4v) is 4.45. The van der Waals surface area contributed by atoms with Crippen molar-refractivity contribution in [1.29, 1.82) is 0 Å². The zero-order valence-corrected chi connectivity index (χ0v) is 15.9. The van der Waals surface area contributed by atoms with E-state index in [0.717, 1.165) is 46.9 Å². The summed E-state index contributed by atoms with van der Waals surface area (Å²) in [6.07, 6.45) is 2.46. The second-order valence-electron chi connectivity index (χ2n) is 6.35. The number of fused-ring (bicyclic) bond motifs is 1. The molecule has 0 atom stereocenters. The number of rotatable bonds is 5. The normalized spacial score (nSPS) is 13.0. The summed E-state index contributed by atoms with van der Waals surface area (Å²) in [7, 11) is 0. The highest BCUT2D eigenvalue weighted by Crippen LogP contribution is 2.35. The fraction of sp³-hybridized carbons (Fsp3) is 0.238. The first-order chi connectivity index (χ1) is 12.7. The second-order valence-corrected chi connectivity index (χ2v) is 7.89. The molecule has 0 fully saturated rings. The predicted octanol–water partition coefficient (Wildman–Crippen LogP) is 4.57. The SMILES string of the molecule is OCCc1ccc(Cc2nc(-c3cccc(Cl)c3)nc3c2SCC3)cc1. The highest BCUT2D eigenvalue weighted by molar-refractivity contribution is 7.99. The molecule has 3 nitrogen and oxygen atoms in total. The largest absolute Gasteiger partial charge is 0.396 e. The van der Waals surface area contributed by atoms with Gasteiger partial charge in [0.25, 0.3) is 0 Å². The molecule has 4 rings (SSSR count). The van der Waals surface area contributed by atoms with E-state index in [-0.39, 0.29) is 6.61 Å². The van der Waals surface area contributed by atoms with Gasteiger partial charge in [0.15, 0.2) is 5.82 Å². The van der Waals surface area contributed by atoms with Crippen LogP contribution < -0.4 is 0 Å². The Balaban J connectivity index is 1.69. The molecule has 0 bridgehead atoms.